The number of hydrogen-bond acceptors (Lipinski definition) is 4. The summed E-state index contributed by atoms with van der Waals surface area (Å²) < 4.78 is 1.23. The van der Waals surface area contributed by atoms with E-state index in [1.807, 2.05) is 0 Å². The van der Waals surface area contributed by atoms with Crippen LogP contribution in [-0.2, 0) is 4.79 Å². The first kappa shape index (κ1) is 13.7. The van der Waals surface area contributed by atoms with Crippen molar-refractivity contribution in [1.82, 2.24) is 14.7 Å². The molecule has 0 aliphatic rings. The average molecular weight is 275 g/mol. The van der Waals surface area contributed by atoms with Crippen molar-refractivity contribution in [3.63, 3.8) is 0 Å². The number of rotatable bonds is 4. The first-order chi connectivity index (χ1) is 9.54. The minimum absolute atomic E-state index is 0.187. The van der Waals surface area contributed by atoms with Crippen molar-refractivity contribution in [3.05, 3.63) is 46.5 Å². The van der Waals surface area contributed by atoms with Gasteiger partial charge in [-0.25, -0.2) is 9.78 Å². The molecule has 2 heterocycles. The Morgan fingerprint density at radius 1 is 1.45 bits per heavy atom. The molecule has 104 valence electrons. The normalized spacial score (nSPS) is 12.1. The lowest BCUT2D eigenvalue weighted by Crippen LogP contribution is -2.42. The van der Waals surface area contributed by atoms with Gasteiger partial charge in [0.1, 0.15) is 17.3 Å². The number of nitrogens with zero attached hydrogens (tertiary/aromatic N) is 2. The Bertz CT molecular complexity index is 723. The summed E-state index contributed by atoms with van der Waals surface area (Å²) in [6.45, 7) is 1.63. The smallest absolute Gasteiger partial charge is 0.326 e. The molecule has 2 N–H and O–H groups in total. The Labute approximate surface area is 113 Å². The van der Waals surface area contributed by atoms with Gasteiger partial charge in [-0.2, -0.15) is 0 Å². The molecule has 0 aliphatic carbocycles. The molecular formula is C13H13N3O4. The van der Waals surface area contributed by atoms with Crippen LogP contribution in [0.15, 0.2) is 35.4 Å². The van der Waals surface area contributed by atoms with Crippen molar-refractivity contribution >= 4 is 17.5 Å². The molecular weight excluding hydrogens is 262 g/mol. The SMILES string of the molecule is CC[C@H](NC(=O)c1cnc2ccccn2c1=O)C(=O)O. The number of pyridine rings is 1. The Hall–Kier alpha value is -2.70. The number of carbonyl (C=O) groups is 2. The molecule has 0 spiro atoms. The predicted molar refractivity (Wildman–Crippen MR) is 70.6 cm³/mol. The van der Waals surface area contributed by atoms with E-state index in [1.54, 1.807) is 25.1 Å². The van der Waals surface area contributed by atoms with E-state index in [4.69, 9.17) is 5.11 Å². The third-order valence-corrected chi connectivity index (χ3v) is 2.87. The van der Waals surface area contributed by atoms with Crippen molar-refractivity contribution in [2.45, 2.75) is 19.4 Å². The molecule has 0 fully saturated rings. The number of amides is 1. The lowest BCUT2D eigenvalue weighted by Gasteiger charge is -2.11. The van der Waals surface area contributed by atoms with Gasteiger partial charge >= 0.3 is 5.97 Å². The highest BCUT2D eigenvalue weighted by Gasteiger charge is 2.21. The van der Waals surface area contributed by atoms with Gasteiger partial charge in [-0.15, -0.1) is 0 Å². The number of nitrogens with one attached hydrogen (secondary N) is 1. The highest BCUT2D eigenvalue weighted by Crippen LogP contribution is 1.99. The molecule has 7 heteroatoms. The Balaban J connectivity index is 2.38. The molecule has 20 heavy (non-hydrogen) atoms. The largest absolute Gasteiger partial charge is 0.480 e. The van der Waals surface area contributed by atoms with E-state index < -0.39 is 23.5 Å². The lowest BCUT2D eigenvalue weighted by molar-refractivity contribution is -0.139. The average Bonchev–Trinajstić information content (AvgIpc) is 2.44. The van der Waals surface area contributed by atoms with Gasteiger partial charge in [0.2, 0.25) is 0 Å². The molecule has 0 radical (unpaired) electrons. The van der Waals surface area contributed by atoms with Gasteiger partial charge in [0.15, 0.2) is 0 Å². The predicted octanol–water partition coefficient (Wildman–Crippen LogP) is 0.287. The first-order valence-electron chi connectivity index (χ1n) is 6.04. The van der Waals surface area contributed by atoms with E-state index >= 15 is 0 Å². The highest BCUT2D eigenvalue weighted by atomic mass is 16.4. The second-order valence-electron chi connectivity index (χ2n) is 4.18. The van der Waals surface area contributed by atoms with Crippen LogP contribution in [0.25, 0.3) is 5.65 Å². The zero-order valence-electron chi connectivity index (χ0n) is 10.7. The van der Waals surface area contributed by atoms with Crippen LogP contribution in [-0.4, -0.2) is 32.4 Å². The van der Waals surface area contributed by atoms with E-state index in [1.165, 1.54) is 10.6 Å². The van der Waals surface area contributed by atoms with Gasteiger partial charge in [0.25, 0.3) is 11.5 Å². The topological polar surface area (TPSA) is 101 Å². The second kappa shape index (κ2) is 5.52. The van der Waals surface area contributed by atoms with E-state index in [0.717, 1.165) is 6.20 Å². The lowest BCUT2D eigenvalue weighted by atomic mass is 10.2. The van der Waals surface area contributed by atoms with Crippen LogP contribution in [0.3, 0.4) is 0 Å². The third kappa shape index (κ3) is 2.51. The summed E-state index contributed by atoms with van der Waals surface area (Å²) in [6.07, 6.45) is 2.88. The fraction of sp³-hybridized carbons (Fsp3) is 0.231. The second-order valence-corrected chi connectivity index (χ2v) is 4.18. The zero-order valence-corrected chi connectivity index (χ0v) is 10.7. The summed E-state index contributed by atoms with van der Waals surface area (Å²) in [5.41, 5.74) is -0.305. The van der Waals surface area contributed by atoms with E-state index in [0.29, 0.717) is 5.65 Å². The van der Waals surface area contributed by atoms with Crippen molar-refractivity contribution < 1.29 is 14.7 Å². The third-order valence-electron chi connectivity index (χ3n) is 2.87. The molecule has 0 aliphatic heterocycles. The van der Waals surface area contributed by atoms with E-state index in [-0.39, 0.29) is 12.0 Å². The molecule has 0 bridgehead atoms. The monoisotopic (exact) mass is 275 g/mol. The number of carbonyl (C=O) groups excluding carboxylic acids is 1. The van der Waals surface area contributed by atoms with Crippen LogP contribution >= 0.6 is 0 Å². The molecule has 2 rings (SSSR count). The van der Waals surface area contributed by atoms with Crippen molar-refractivity contribution in [2.75, 3.05) is 0 Å². The summed E-state index contributed by atoms with van der Waals surface area (Å²) in [4.78, 5) is 39.0. The van der Waals surface area contributed by atoms with Gasteiger partial charge in [-0.05, 0) is 18.6 Å². The summed E-state index contributed by atoms with van der Waals surface area (Å²) in [7, 11) is 0. The van der Waals surface area contributed by atoms with E-state index in [9.17, 15) is 14.4 Å². The Kier molecular flexibility index (Phi) is 3.79. The first-order valence-corrected chi connectivity index (χ1v) is 6.04. The quantitative estimate of drug-likeness (QED) is 0.835. The molecule has 1 amide bonds. The standard InChI is InChI=1S/C13H13N3O4/c1-2-9(13(19)20)15-11(17)8-7-14-10-5-3-4-6-16(10)12(8)18/h3-7,9H,2H2,1H3,(H,15,17)(H,19,20)/t9-/m0/s1. The Morgan fingerprint density at radius 3 is 2.85 bits per heavy atom. The van der Waals surface area contributed by atoms with Gasteiger partial charge in [0, 0.05) is 12.4 Å². The van der Waals surface area contributed by atoms with Gasteiger partial charge < -0.3 is 10.4 Å². The van der Waals surface area contributed by atoms with Crippen molar-refractivity contribution in [1.29, 1.82) is 0 Å². The summed E-state index contributed by atoms with van der Waals surface area (Å²) in [5.74, 6) is -1.88. The fourth-order valence-electron chi connectivity index (χ4n) is 1.76. The minimum atomic E-state index is -1.14. The van der Waals surface area contributed by atoms with Gasteiger partial charge in [-0.1, -0.05) is 13.0 Å². The number of hydrogen-bond donors (Lipinski definition) is 2. The minimum Gasteiger partial charge on any atom is -0.480 e. The van der Waals surface area contributed by atoms with E-state index in [2.05, 4.69) is 10.3 Å². The molecule has 1 atom stereocenters. The zero-order chi connectivity index (χ0) is 14.7. The number of aromatic nitrogens is 2. The van der Waals surface area contributed by atoms with Crippen LogP contribution in [0.1, 0.15) is 23.7 Å². The maximum atomic E-state index is 12.1. The van der Waals surface area contributed by atoms with Crippen molar-refractivity contribution in [3.8, 4) is 0 Å². The molecule has 0 unspecified atom stereocenters. The number of fused-ring (bicyclic) bond motifs is 1. The Morgan fingerprint density at radius 2 is 2.20 bits per heavy atom. The maximum absolute atomic E-state index is 12.1. The van der Waals surface area contributed by atoms with Crippen LogP contribution in [0.5, 0.6) is 0 Å². The molecule has 2 aromatic rings. The van der Waals surface area contributed by atoms with Crippen LogP contribution in [0.2, 0.25) is 0 Å². The summed E-state index contributed by atoms with van der Waals surface area (Å²) >= 11 is 0. The van der Waals surface area contributed by atoms with Crippen LogP contribution < -0.4 is 10.9 Å². The number of aliphatic carboxylic acids is 1. The van der Waals surface area contributed by atoms with Crippen LogP contribution in [0, 0.1) is 0 Å². The summed E-state index contributed by atoms with van der Waals surface area (Å²) in [5, 5.41) is 11.2. The number of carboxylic acid groups (broad SMARTS) is 1. The fourth-order valence-corrected chi connectivity index (χ4v) is 1.76. The van der Waals surface area contributed by atoms with Crippen LogP contribution in [0.4, 0.5) is 0 Å². The molecule has 2 aromatic heterocycles. The molecule has 0 aromatic carbocycles. The van der Waals surface area contributed by atoms with Gasteiger partial charge in [0.05, 0.1) is 0 Å². The number of carboxylic acids is 1. The molecule has 0 saturated heterocycles. The maximum Gasteiger partial charge on any atom is 0.326 e. The highest BCUT2D eigenvalue weighted by molar-refractivity contribution is 5.96. The molecule has 7 nitrogen and oxygen atoms in total. The van der Waals surface area contributed by atoms with Crippen molar-refractivity contribution in [2.24, 2.45) is 0 Å². The summed E-state index contributed by atoms with van der Waals surface area (Å²) in [6, 6.07) is 3.97. The molecule has 0 saturated carbocycles. The van der Waals surface area contributed by atoms with Gasteiger partial charge in [-0.3, -0.25) is 14.0 Å².